The Bertz CT molecular complexity index is 887. The van der Waals surface area contributed by atoms with Crippen molar-refractivity contribution in [3.05, 3.63) is 58.3 Å². The molecule has 1 heterocycles. The Hall–Kier alpha value is -2.19. The summed E-state index contributed by atoms with van der Waals surface area (Å²) in [6, 6.07) is 10.6. The van der Waals surface area contributed by atoms with Crippen molar-refractivity contribution in [2.24, 2.45) is 0 Å². The highest BCUT2D eigenvalue weighted by Crippen LogP contribution is 2.25. The van der Waals surface area contributed by atoms with Gasteiger partial charge in [-0.2, -0.15) is 0 Å². The first-order valence-electron chi connectivity index (χ1n) is 9.64. The molecule has 2 N–H and O–H groups in total. The van der Waals surface area contributed by atoms with E-state index >= 15 is 0 Å². The smallest absolute Gasteiger partial charge is 0.238 e. The van der Waals surface area contributed by atoms with Gasteiger partial charge < -0.3 is 15.5 Å². The first-order valence-corrected chi connectivity index (χ1v) is 10.4. The molecule has 1 aliphatic rings. The van der Waals surface area contributed by atoms with Gasteiger partial charge in [0.15, 0.2) is 0 Å². The molecule has 0 spiro atoms. The van der Waals surface area contributed by atoms with Crippen LogP contribution in [0.4, 0.5) is 15.8 Å². The number of carbonyl (C=O) groups excluding carboxylic acids is 2. The lowest BCUT2D eigenvalue weighted by Crippen LogP contribution is -2.49. The summed E-state index contributed by atoms with van der Waals surface area (Å²) in [5.74, 6) is -0.596. The number of halogens is 3. The third-order valence-corrected chi connectivity index (χ3v) is 5.38. The van der Waals surface area contributed by atoms with Crippen LogP contribution in [0.2, 0.25) is 10.0 Å². The monoisotopic (exact) mass is 452 g/mol. The summed E-state index contributed by atoms with van der Waals surface area (Å²) in [4.78, 5) is 28.6. The summed E-state index contributed by atoms with van der Waals surface area (Å²) >= 11 is 12.0. The second kappa shape index (κ2) is 10.7. The Morgan fingerprint density at radius 2 is 1.57 bits per heavy atom. The molecule has 0 atom stereocenters. The number of rotatable bonds is 7. The summed E-state index contributed by atoms with van der Waals surface area (Å²) in [5.41, 5.74) is 1.08. The van der Waals surface area contributed by atoms with Gasteiger partial charge in [0.25, 0.3) is 0 Å². The molecule has 0 saturated carbocycles. The molecular formula is C21H23Cl2FN4O2. The first-order chi connectivity index (χ1) is 14.4. The molecule has 1 aliphatic heterocycles. The van der Waals surface area contributed by atoms with Gasteiger partial charge in [-0.05, 0) is 42.5 Å². The quantitative estimate of drug-likeness (QED) is 0.671. The molecule has 0 aromatic heterocycles. The topological polar surface area (TPSA) is 64.7 Å². The number of piperazine rings is 1. The maximum Gasteiger partial charge on any atom is 0.238 e. The highest BCUT2D eigenvalue weighted by molar-refractivity contribution is 6.35. The summed E-state index contributed by atoms with van der Waals surface area (Å²) in [5, 5.41) is 6.50. The fraction of sp³-hybridized carbons (Fsp3) is 0.333. The SMILES string of the molecule is O=C(CN1CCN(CCC(=O)Nc2cc(Cl)ccc2Cl)CC1)Nc1ccc(F)cc1. The van der Waals surface area contributed by atoms with Crippen molar-refractivity contribution in [1.29, 1.82) is 0 Å². The molecule has 30 heavy (non-hydrogen) atoms. The van der Waals surface area contributed by atoms with Crippen molar-refractivity contribution in [3.63, 3.8) is 0 Å². The number of benzene rings is 2. The second-order valence-corrected chi connectivity index (χ2v) is 7.94. The standard InChI is InChI=1S/C21H23Cl2FN4O2/c22-15-1-6-18(23)19(13-15)26-20(29)7-8-27-9-11-28(12-10-27)14-21(30)25-17-4-2-16(24)3-5-17/h1-6,13H,7-12,14H2,(H,25,30)(H,26,29). The molecule has 2 aromatic carbocycles. The van der Waals surface area contributed by atoms with Crippen molar-refractivity contribution in [3.8, 4) is 0 Å². The van der Waals surface area contributed by atoms with Gasteiger partial charge in [-0.3, -0.25) is 14.5 Å². The highest BCUT2D eigenvalue weighted by Gasteiger charge is 2.19. The highest BCUT2D eigenvalue weighted by atomic mass is 35.5. The van der Waals surface area contributed by atoms with Crippen LogP contribution in [0.5, 0.6) is 0 Å². The first kappa shape index (κ1) is 22.5. The fourth-order valence-corrected chi connectivity index (χ4v) is 3.51. The minimum absolute atomic E-state index is 0.125. The van der Waals surface area contributed by atoms with E-state index in [0.29, 0.717) is 34.4 Å². The second-order valence-electron chi connectivity index (χ2n) is 7.10. The van der Waals surface area contributed by atoms with Gasteiger partial charge in [-0.1, -0.05) is 23.2 Å². The van der Waals surface area contributed by atoms with E-state index in [1.54, 1.807) is 18.2 Å². The van der Waals surface area contributed by atoms with Crippen molar-refractivity contribution in [2.75, 3.05) is 49.9 Å². The lowest BCUT2D eigenvalue weighted by atomic mass is 10.2. The van der Waals surface area contributed by atoms with Gasteiger partial charge in [0, 0.05) is 49.9 Å². The third kappa shape index (κ3) is 6.95. The van der Waals surface area contributed by atoms with E-state index in [1.165, 1.54) is 24.3 Å². The number of anilines is 2. The van der Waals surface area contributed by atoms with Gasteiger partial charge in [0.2, 0.25) is 11.8 Å². The molecule has 2 amide bonds. The largest absolute Gasteiger partial charge is 0.325 e. The molecule has 3 rings (SSSR count). The molecule has 9 heteroatoms. The fourth-order valence-electron chi connectivity index (χ4n) is 3.17. The Labute approximate surface area is 184 Å². The van der Waals surface area contributed by atoms with Crippen LogP contribution in [0.1, 0.15) is 6.42 Å². The van der Waals surface area contributed by atoms with E-state index in [9.17, 15) is 14.0 Å². The molecule has 160 valence electrons. The number of carbonyl (C=O) groups is 2. The zero-order valence-electron chi connectivity index (χ0n) is 16.3. The summed E-state index contributed by atoms with van der Waals surface area (Å²) in [6.45, 7) is 3.92. The molecule has 1 saturated heterocycles. The Morgan fingerprint density at radius 1 is 0.900 bits per heavy atom. The van der Waals surface area contributed by atoms with E-state index in [1.807, 2.05) is 0 Å². The van der Waals surface area contributed by atoms with E-state index in [-0.39, 0.29) is 24.2 Å². The van der Waals surface area contributed by atoms with Gasteiger partial charge in [0.1, 0.15) is 5.82 Å². The number of amides is 2. The molecular weight excluding hydrogens is 430 g/mol. The average molecular weight is 453 g/mol. The summed E-state index contributed by atoms with van der Waals surface area (Å²) < 4.78 is 12.9. The molecule has 6 nitrogen and oxygen atoms in total. The normalized spacial score (nSPS) is 15.0. The number of hydrogen-bond donors (Lipinski definition) is 2. The molecule has 0 radical (unpaired) electrons. The van der Waals surface area contributed by atoms with Crippen LogP contribution in [-0.2, 0) is 9.59 Å². The number of nitrogens with zero attached hydrogens (tertiary/aromatic N) is 2. The lowest BCUT2D eigenvalue weighted by Gasteiger charge is -2.34. The van der Waals surface area contributed by atoms with Crippen molar-refractivity contribution in [2.45, 2.75) is 6.42 Å². The van der Waals surface area contributed by atoms with Gasteiger partial charge in [0.05, 0.1) is 17.3 Å². The number of nitrogens with one attached hydrogen (secondary N) is 2. The van der Waals surface area contributed by atoms with E-state index < -0.39 is 0 Å². The zero-order chi connectivity index (χ0) is 21.5. The van der Waals surface area contributed by atoms with Crippen LogP contribution in [0, 0.1) is 5.82 Å². The van der Waals surface area contributed by atoms with E-state index in [0.717, 1.165) is 26.2 Å². The molecule has 0 bridgehead atoms. The van der Waals surface area contributed by atoms with Crippen molar-refractivity contribution in [1.82, 2.24) is 9.80 Å². The van der Waals surface area contributed by atoms with Crippen LogP contribution < -0.4 is 10.6 Å². The Kier molecular flexibility index (Phi) is 8.04. The van der Waals surface area contributed by atoms with Crippen LogP contribution in [0.25, 0.3) is 0 Å². The summed E-state index contributed by atoms with van der Waals surface area (Å²) in [7, 11) is 0. The van der Waals surface area contributed by atoms with Crippen molar-refractivity contribution >= 4 is 46.4 Å². The molecule has 1 fully saturated rings. The maximum absolute atomic E-state index is 12.9. The minimum Gasteiger partial charge on any atom is -0.325 e. The van der Waals surface area contributed by atoms with Gasteiger partial charge in [-0.25, -0.2) is 4.39 Å². The van der Waals surface area contributed by atoms with E-state index in [2.05, 4.69) is 20.4 Å². The predicted octanol–water partition coefficient (Wildman–Crippen LogP) is 3.72. The van der Waals surface area contributed by atoms with Crippen LogP contribution in [0.3, 0.4) is 0 Å². The molecule has 0 aliphatic carbocycles. The van der Waals surface area contributed by atoms with Crippen LogP contribution >= 0.6 is 23.2 Å². The molecule has 2 aromatic rings. The minimum atomic E-state index is -0.339. The lowest BCUT2D eigenvalue weighted by molar-refractivity contribution is -0.117. The third-order valence-electron chi connectivity index (χ3n) is 4.82. The van der Waals surface area contributed by atoms with Gasteiger partial charge in [-0.15, -0.1) is 0 Å². The van der Waals surface area contributed by atoms with Gasteiger partial charge >= 0.3 is 0 Å². The maximum atomic E-state index is 12.9. The summed E-state index contributed by atoms with van der Waals surface area (Å²) in [6.07, 6.45) is 0.341. The predicted molar refractivity (Wildman–Crippen MR) is 118 cm³/mol. The Morgan fingerprint density at radius 3 is 2.27 bits per heavy atom. The van der Waals surface area contributed by atoms with Crippen molar-refractivity contribution < 1.29 is 14.0 Å². The number of hydrogen-bond acceptors (Lipinski definition) is 4. The molecule has 0 unspecified atom stereocenters. The Balaban J connectivity index is 1.36. The zero-order valence-corrected chi connectivity index (χ0v) is 17.8. The average Bonchev–Trinajstić information content (AvgIpc) is 2.72. The van der Waals surface area contributed by atoms with Crippen LogP contribution in [-0.4, -0.2) is 60.9 Å². The van der Waals surface area contributed by atoms with E-state index in [4.69, 9.17) is 23.2 Å². The van der Waals surface area contributed by atoms with Crippen LogP contribution in [0.15, 0.2) is 42.5 Å².